The zero-order valence-electron chi connectivity index (χ0n) is 18.4. The minimum absolute atomic E-state index is 0.304. The van der Waals surface area contributed by atoms with Gasteiger partial charge in [0.2, 0.25) is 6.17 Å². The number of carbonyl (C=O) groups excluding carboxylic acids is 1. The molecule has 3 aromatic rings. The number of anilines is 1. The first-order chi connectivity index (χ1) is 15.5. The number of amides is 1. The Labute approximate surface area is 187 Å². The average Bonchev–Trinajstić information content (AvgIpc) is 3.16. The van der Waals surface area contributed by atoms with E-state index in [1.165, 1.54) is 12.8 Å². The molecule has 1 unspecified atom stereocenters. The number of halogens is 1. The van der Waals surface area contributed by atoms with E-state index >= 15 is 0 Å². The number of benzene rings is 2. The Hall–Kier alpha value is -3.19. The number of ether oxygens (including phenoxy) is 1. The van der Waals surface area contributed by atoms with Crippen molar-refractivity contribution in [2.75, 3.05) is 18.5 Å². The number of nitrogens with one attached hydrogen (secondary N) is 2. The Kier molecular flexibility index (Phi) is 6.85. The lowest BCUT2D eigenvalue weighted by Crippen LogP contribution is -2.38. The summed E-state index contributed by atoms with van der Waals surface area (Å²) in [4.78, 5) is 12.5. The number of alkyl halides is 1. The predicted octanol–water partition coefficient (Wildman–Crippen LogP) is 5.13. The van der Waals surface area contributed by atoms with E-state index in [4.69, 9.17) is 9.26 Å². The molecular weight excluding hydrogens is 409 g/mol. The van der Waals surface area contributed by atoms with Gasteiger partial charge < -0.3 is 19.9 Å². The van der Waals surface area contributed by atoms with Crippen molar-refractivity contribution >= 4 is 11.6 Å². The van der Waals surface area contributed by atoms with Crippen molar-refractivity contribution in [3.8, 4) is 16.9 Å². The Morgan fingerprint density at radius 3 is 2.75 bits per heavy atom. The van der Waals surface area contributed by atoms with E-state index in [1.54, 1.807) is 48.5 Å². The van der Waals surface area contributed by atoms with Crippen molar-refractivity contribution in [3.05, 3.63) is 65.5 Å². The van der Waals surface area contributed by atoms with E-state index in [-0.39, 0.29) is 0 Å². The van der Waals surface area contributed by atoms with Crippen LogP contribution in [-0.4, -0.2) is 30.3 Å². The molecule has 0 bridgehead atoms. The van der Waals surface area contributed by atoms with Gasteiger partial charge in [-0.15, -0.1) is 0 Å². The Morgan fingerprint density at radius 1 is 1.25 bits per heavy atom. The summed E-state index contributed by atoms with van der Waals surface area (Å²) in [5.74, 6) is 0.602. The summed E-state index contributed by atoms with van der Waals surface area (Å²) in [5, 5.41) is 10.2. The summed E-state index contributed by atoms with van der Waals surface area (Å²) >= 11 is 0. The van der Waals surface area contributed by atoms with Crippen LogP contribution in [0.4, 0.5) is 10.1 Å². The lowest BCUT2D eigenvalue weighted by atomic mass is 10.0. The standard InChI is InChI=1S/C25H28FN3O3/c1-16-23(17(2)32-29-16)21-14-19(28-25(30)24(26)18-8-4-3-5-9-18)11-12-22(21)31-15-20-10-6-7-13-27-20/h3-5,8-9,11-12,14,20,24,27H,6-7,10,13,15H2,1-2H3,(H,28,30)/t20-,24?/m1/s1. The van der Waals surface area contributed by atoms with E-state index in [1.807, 2.05) is 13.8 Å². The maximum absolute atomic E-state index is 14.7. The van der Waals surface area contributed by atoms with Crippen LogP contribution < -0.4 is 15.4 Å². The van der Waals surface area contributed by atoms with Crippen LogP contribution in [0.15, 0.2) is 53.1 Å². The van der Waals surface area contributed by atoms with E-state index < -0.39 is 12.1 Å². The van der Waals surface area contributed by atoms with Crippen LogP contribution in [0.25, 0.3) is 11.1 Å². The van der Waals surface area contributed by atoms with Gasteiger partial charge in [-0.3, -0.25) is 4.79 Å². The first kappa shape index (κ1) is 22.0. The highest BCUT2D eigenvalue weighted by molar-refractivity contribution is 5.95. The van der Waals surface area contributed by atoms with Crippen molar-refractivity contribution in [1.82, 2.24) is 10.5 Å². The molecule has 1 aromatic heterocycles. The first-order valence-corrected chi connectivity index (χ1v) is 11.0. The van der Waals surface area contributed by atoms with Crippen LogP contribution in [0.5, 0.6) is 5.75 Å². The maximum atomic E-state index is 14.7. The number of hydrogen-bond donors (Lipinski definition) is 2. The molecule has 0 radical (unpaired) electrons. The van der Waals surface area contributed by atoms with Crippen molar-refractivity contribution in [2.24, 2.45) is 0 Å². The largest absolute Gasteiger partial charge is 0.491 e. The zero-order chi connectivity index (χ0) is 22.5. The zero-order valence-corrected chi connectivity index (χ0v) is 18.4. The van der Waals surface area contributed by atoms with E-state index in [2.05, 4.69) is 15.8 Å². The molecule has 1 amide bonds. The van der Waals surface area contributed by atoms with Gasteiger partial charge in [-0.1, -0.05) is 41.9 Å². The van der Waals surface area contributed by atoms with E-state index in [0.29, 0.717) is 35.4 Å². The SMILES string of the molecule is Cc1noc(C)c1-c1cc(NC(=O)C(F)c2ccccc2)ccc1OC[C@H]1CCCCN1. The highest BCUT2D eigenvalue weighted by Crippen LogP contribution is 2.37. The van der Waals surface area contributed by atoms with Gasteiger partial charge in [-0.05, 0) is 57.0 Å². The number of hydrogen-bond acceptors (Lipinski definition) is 5. The minimum Gasteiger partial charge on any atom is -0.491 e. The quantitative estimate of drug-likeness (QED) is 0.536. The number of aryl methyl sites for hydroxylation is 2. The highest BCUT2D eigenvalue weighted by Gasteiger charge is 2.22. The van der Waals surface area contributed by atoms with E-state index in [9.17, 15) is 9.18 Å². The topological polar surface area (TPSA) is 76.4 Å². The monoisotopic (exact) mass is 437 g/mol. The highest BCUT2D eigenvalue weighted by atomic mass is 19.1. The first-order valence-electron chi connectivity index (χ1n) is 11.0. The van der Waals surface area contributed by atoms with Gasteiger partial charge in [0.25, 0.3) is 5.91 Å². The van der Waals surface area contributed by atoms with Crippen molar-refractivity contribution in [3.63, 3.8) is 0 Å². The van der Waals surface area contributed by atoms with Gasteiger partial charge >= 0.3 is 0 Å². The molecule has 1 aliphatic rings. The second-order valence-corrected chi connectivity index (χ2v) is 8.13. The Morgan fingerprint density at radius 2 is 2.06 bits per heavy atom. The molecule has 168 valence electrons. The molecule has 4 rings (SSSR count). The summed E-state index contributed by atoms with van der Waals surface area (Å²) in [7, 11) is 0. The number of piperidine rings is 1. The molecular formula is C25H28FN3O3. The molecule has 6 nitrogen and oxygen atoms in total. The smallest absolute Gasteiger partial charge is 0.263 e. The molecule has 0 spiro atoms. The Bertz CT molecular complexity index is 1040. The molecule has 2 heterocycles. The second kappa shape index (κ2) is 9.96. The van der Waals surface area contributed by atoms with Gasteiger partial charge in [-0.25, -0.2) is 4.39 Å². The third-order valence-electron chi connectivity index (χ3n) is 5.72. The van der Waals surface area contributed by atoms with E-state index in [0.717, 1.165) is 29.8 Å². The predicted molar refractivity (Wildman–Crippen MR) is 121 cm³/mol. The molecule has 2 aromatic carbocycles. The van der Waals surface area contributed by atoms with Crippen LogP contribution in [0.3, 0.4) is 0 Å². The van der Waals surface area contributed by atoms with Gasteiger partial charge in [-0.2, -0.15) is 0 Å². The van der Waals surface area contributed by atoms with Crippen LogP contribution in [0.1, 0.15) is 42.5 Å². The molecule has 32 heavy (non-hydrogen) atoms. The van der Waals surface area contributed by atoms with Crippen molar-refractivity contribution in [2.45, 2.75) is 45.3 Å². The summed E-state index contributed by atoms with van der Waals surface area (Å²) < 4.78 is 26.2. The van der Waals surface area contributed by atoms with Gasteiger partial charge in [0, 0.05) is 17.3 Å². The van der Waals surface area contributed by atoms with Crippen LogP contribution in [-0.2, 0) is 4.79 Å². The maximum Gasteiger partial charge on any atom is 0.263 e. The Balaban J connectivity index is 1.57. The van der Waals surface area contributed by atoms with Crippen molar-refractivity contribution in [1.29, 1.82) is 0 Å². The van der Waals surface area contributed by atoms with Crippen molar-refractivity contribution < 1.29 is 18.4 Å². The molecule has 7 heteroatoms. The van der Waals surface area contributed by atoms with Gasteiger partial charge in [0.1, 0.15) is 18.1 Å². The fourth-order valence-electron chi connectivity index (χ4n) is 4.03. The number of carbonyl (C=O) groups is 1. The molecule has 1 fully saturated rings. The average molecular weight is 438 g/mol. The molecule has 1 aliphatic heterocycles. The normalized spacial score (nSPS) is 17.0. The molecule has 2 N–H and O–H groups in total. The van der Waals surface area contributed by atoms with Crippen LogP contribution in [0, 0.1) is 13.8 Å². The molecule has 0 aliphatic carbocycles. The van der Waals surface area contributed by atoms with Gasteiger partial charge in [0.05, 0.1) is 11.3 Å². The number of aromatic nitrogens is 1. The molecule has 0 saturated carbocycles. The number of nitrogens with zero attached hydrogens (tertiary/aromatic N) is 1. The lowest BCUT2D eigenvalue weighted by molar-refractivity contribution is -0.121. The third-order valence-corrected chi connectivity index (χ3v) is 5.72. The molecule has 1 saturated heterocycles. The summed E-state index contributed by atoms with van der Waals surface area (Å²) in [5.41, 5.74) is 3.08. The lowest BCUT2D eigenvalue weighted by Gasteiger charge is -2.24. The number of rotatable bonds is 7. The fraction of sp³-hybridized carbons (Fsp3) is 0.360. The second-order valence-electron chi connectivity index (χ2n) is 8.13. The summed E-state index contributed by atoms with van der Waals surface area (Å²) in [6.07, 6.45) is 1.70. The minimum atomic E-state index is -1.76. The summed E-state index contributed by atoms with van der Waals surface area (Å²) in [6, 6.07) is 14.0. The van der Waals surface area contributed by atoms with Crippen LogP contribution in [0.2, 0.25) is 0 Å². The summed E-state index contributed by atoms with van der Waals surface area (Å²) in [6.45, 7) is 5.24. The molecule has 2 atom stereocenters. The third kappa shape index (κ3) is 4.99. The van der Waals surface area contributed by atoms with Gasteiger partial charge in [0.15, 0.2) is 0 Å². The van der Waals surface area contributed by atoms with Crippen LogP contribution >= 0.6 is 0 Å². The fourth-order valence-corrected chi connectivity index (χ4v) is 4.03.